The van der Waals surface area contributed by atoms with Crippen molar-refractivity contribution in [3.8, 4) is 0 Å². The van der Waals surface area contributed by atoms with E-state index in [4.69, 9.17) is 0 Å². The molecule has 1 aromatic carbocycles. The molecule has 1 aromatic rings. The van der Waals surface area contributed by atoms with E-state index in [0.29, 0.717) is 0 Å². The summed E-state index contributed by atoms with van der Waals surface area (Å²) in [5, 5.41) is 3.14. The summed E-state index contributed by atoms with van der Waals surface area (Å²) in [5.41, 5.74) is 2.54. The molecule has 0 bridgehead atoms. The molecule has 0 amide bonds. The molecule has 0 saturated heterocycles. The van der Waals surface area contributed by atoms with Crippen LogP contribution in [0.4, 0.5) is 5.69 Å². The maximum absolute atomic E-state index is 3.14. The van der Waals surface area contributed by atoms with Crippen LogP contribution in [0.5, 0.6) is 0 Å². The van der Waals surface area contributed by atoms with Gasteiger partial charge in [0.25, 0.3) is 0 Å². The van der Waals surface area contributed by atoms with Crippen molar-refractivity contribution < 1.29 is 0 Å². The van der Waals surface area contributed by atoms with Gasteiger partial charge in [0, 0.05) is 19.3 Å². The first-order valence-corrected chi connectivity index (χ1v) is 4.71. The molecule has 0 aliphatic rings. The lowest BCUT2D eigenvalue weighted by Crippen LogP contribution is -2.16. The summed E-state index contributed by atoms with van der Waals surface area (Å²) in [5.74, 6) is 0. The summed E-state index contributed by atoms with van der Waals surface area (Å²) in [6.45, 7) is 4.28. The van der Waals surface area contributed by atoms with E-state index in [9.17, 15) is 0 Å². The minimum absolute atomic E-state index is 1.02. The van der Waals surface area contributed by atoms with Gasteiger partial charge in [-0.1, -0.05) is 19.1 Å². The van der Waals surface area contributed by atoms with Gasteiger partial charge in [-0.2, -0.15) is 0 Å². The molecule has 2 heteroatoms. The summed E-state index contributed by atoms with van der Waals surface area (Å²) in [6.07, 6.45) is 0. The number of hydrogen-bond acceptors (Lipinski definition) is 2. The van der Waals surface area contributed by atoms with E-state index in [2.05, 4.69) is 48.5 Å². The second-order valence-corrected chi connectivity index (χ2v) is 3.28. The minimum Gasteiger partial charge on any atom is -0.388 e. The molecular formula is C11H18N2. The van der Waals surface area contributed by atoms with Crippen molar-refractivity contribution in [1.29, 1.82) is 0 Å². The van der Waals surface area contributed by atoms with Gasteiger partial charge in [-0.15, -0.1) is 0 Å². The highest BCUT2D eigenvalue weighted by atomic mass is 15.1. The maximum atomic E-state index is 3.14. The minimum atomic E-state index is 1.02. The monoisotopic (exact) mass is 178 g/mol. The van der Waals surface area contributed by atoms with Gasteiger partial charge in [0.1, 0.15) is 0 Å². The number of nitrogens with zero attached hydrogens (tertiary/aromatic N) is 1. The van der Waals surface area contributed by atoms with E-state index in [1.54, 1.807) is 0 Å². The summed E-state index contributed by atoms with van der Waals surface area (Å²) in [4.78, 5) is 2.29. The molecule has 0 aromatic heterocycles. The average Bonchev–Trinajstić information content (AvgIpc) is 2.18. The second kappa shape index (κ2) is 4.87. The number of anilines is 1. The fourth-order valence-electron chi connectivity index (χ4n) is 1.25. The zero-order valence-corrected chi connectivity index (χ0v) is 8.67. The topological polar surface area (TPSA) is 15.3 Å². The Morgan fingerprint density at radius 2 is 2.15 bits per heavy atom. The SMILES string of the molecule is CCN(C)Cc1cccc(NC)c1. The van der Waals surface area contributed by atoms with Crippen LogP contribution in [0.3, 0.4) is 0 Å². The third-order valence-corrected chi connectivity index (χ3v) is 2.21. The molecule has 0 radical (unpaired) electrons. The van der Waals surface area contributed by atoms with Crippen LogP contribution in [0.2, 0.25) is 0 Å². The van der Waals surface area contributed by atoms with E-state index >= 15 is 0 Å². The van der Waals surface area contributed by atoms with Crippen LogP contribution in [0.25, 0.3) is 0 Å². The van der Waals surface area contributed by atoms with Crippen LogP contribution < -0.4 is 5.32 Å². The lowest BCUT2D eigenvalue weighted by molar-refractivity contribution is 0.346. The summed E-state index contributed by atoms with van der Waals surface area (Å²) >= 11 is 0. The summed E-state index contributed by atoms with van der Waals surface area (Å²) in [6, 6.07) is 8.51. The molecule has 0 saturated carbocycles. The molecule has 0 unspecified atom stereocenters. The molecule has 0 aliphatic carbocycles. The molecule has 0 fully saturated rings. The Bertz CT molecular complexity index is 258. The fraction of sp³-hybridized carbons (Fsp3) is 0.455. The molecule has 0 spiro atoms. The van der Waals surface area contributed by atoms with Crippen LogP contribution in [0, 0.1) is 0 Å². The Kier molecular flexibility index (Phi) is 3.77. The average molecular weight is 178 g/mol. The molecule has 1 N–H and O–H groups in total. The Labute approximate surface area is 80.6 Å². The number of nitrogens with one attached hydrogen (secondary N) is 1. The first-order valence-electron chi connectivity index (χ1n) is 4.71. The van der Waals surface area contributed by atoms with Crippen molar-refractivity contribution in [3.63, 3.8) is 0 Å². The number of hydrogen-bond donors (Lipinski definition) is 1. The van der Waals surface area contributed by atoms with E-state index in [-0.39, 0.29) is 0 Å². The normalized spacial score (nSPS) is 10.5. The maximum Gasteiger partial charge on any atom is 0.0340 e. The van der Waals surface area contributed by atoms with Crippen LogP contribution >= 0.6 is 0 Å². The Morgan fingerprint density at radius 1 is 1.38 bits per heavy atom. The van der Waals surface area contributed by atoms with Crippen LogP contribution in [-0.2, 0) is 6.54 Å². The van der Waals surface area contributed by atoms with Crippen LogP contribution in [0.1, 0.15) is 12.5 Å². The van der Waals surface area contributed by atoms with Crippen molar-refractivity contribution in [2.75, 3.05) is 26.0 Å². The highest BCUT2D eigenvalue weighted by Gasteiger charge is 1.97. The summed E-state index contributed by atoms with van der Waals surface area (Å²) < 4.78 is 0. The first-order chi connectivity index (χ1) is 6.26. The van der Waals surface area contributed by atoms with Crippen molar-refractivity contribution in [2.24, 2.45) is 0 Å². The van der Waals surface area contributed by atoms with Crippen molar-refractivity contribution in [1.82, 2.24) is 4.90 Å². The molecule has 13 heavy (non-hydrogen) atoms. The van der Waals surface area contributed by atoms with Gasteiger partial charge in [0.05, 0.1) is 0 Å². The zero-order valence-electron chi connectivity index (χ0n) is 8.67. The third-order valence-electron chi connectivity index (χ3n) is 2.21. The molecular weight excluding hydrogens is 160 g/mol. The molecule has 0 atom stereocenters. The molecule has 72 valence electrons. The molecule has 1 rings (SSSR count). The highest BCUT2D eigenvalue weighted by Crippen LogP contribution is 2.10. The van der Waals surface area contributed by atoms with Gasteiger partial charge in [0.2, 0.25) is 0 Å². The van der Waals surface area contributed by atoms with Crippen LogP contribution in [-0.4, -0.2) is 25.5 Å². The predicted molar refractivity (Wildman–Crippen MR) is 58.0 cm³/mol. The molecule has 0 aliphatic heterocycles. The van der Waals surface area contributed by atoms with Crippen molar-refractivity contribution in [2.45, 2.75) is 13.5 Å². The van der Waals surface area contributed by atoms with E-state index in [1.807, 2.05) is 7.05 Å². The summed E-state index contributed by atoms with van der Waals surface area (Å²) in [7, 11) is 4.08. The molecule has 0 heterocycles. The predicted octanol–water partition coefficient (Wildman–Crippen LogP) is 2.18. The van der Waals surface area contributed by atoms with Gasteiger partial charge in [-0.25, -0.2) is 0 Å². The van der Waals surface area contributed by atoms with Gasteiger partial charge in [-0.3, -0.25) is 0 Å². The van der Waals surface area contributed by atoms with Gasteiger partial charge in [-0.05, 0) is 31.3 Å². The quantitative estimate of drug-likeness (QED) is 0.760. The standard InChI is InChI=1S/C11H18N2/c1-4-13(3)9-10-6-5-7-11(8-10)12-2/h5-8,12H,4,9H2,1-3H3. The Balaban J connectivity index is 2.66. The Hall–Kier alpha value is -1.02. The second-order valence-electron chi connectivity index (χ2n) is 3.28. The smallest absolute Gasteiger partial charge is 0.0340 e. The zero-order chi connectivity index (χ0) is 9.68. The lowest BCUT2D eigenvalue weighted by atomic mass is 10.2. The number of benzene rings is 1. The van der Waals surface area contributed by atoms with Crippen molar-refractivity contribution >= 4 is 5.69 Å². The number of rotatable bonds is 4. The van der Waals surface area contributed by atoms with E-state index in [1.165, 1.54) is 11.3 Å². The van der Waals surface area contributed by atoms with Gasteiger partial charge < -0.3 is 10.2 Å². The molecule has 2 nitrogen and oxygen atoms in total. The van der Waals surface area contributed by atoms with E-state index in [0.717, 1.165) is 13.1 Å². The Morgan fingerprint density at radius 3 is 2.77 bits per heavy atom. The highest BCUT2D eigenvalue weighted by molar-refractivity contribution is 5.44. The lowest BCUT2D eigenvalue weighted by Gasteiger charge is -2.14. The fourth-order valence-corrected chi connectivity index (χ4v) is 1.25. The van der Waals surface area contributed by atoms with Gasteiger partial charge in [0.15, 0.2) is 0 Å². The first kappa shape index (κ1) is 10.1. The van der Waals surface area contributed by atoms with E-state index < -0.39 is 0 Å². The third kappa shape index (κ3) is 3.07. The van der Waals surface area contributed by atoms with Crippen molar-refractivity contribution in [3.05, 3.63) is 29.8 Å². The van der Waals surface area contributed by atoms with Crippen LogP contribution in [0.15, 0.2) is 24.3 Å². The largest absolute Gasteiger partial charge is 0.388 e. The van der Waals surface area contributed by atoms with Gasteiger partial charge >= 0.3 is 0 Å².